The fourth-order valence-electron chi connectivity index (χ4n) is 3.86. The molecule has 0 aromatic rings. The standard InChI is InChI=1S/C13H25N/c1-12(2)9-13(12,10-14-3)11-7-5-4-6-8-11/h11,14H,4-10H2,1-3H3. The highest BCUT2D eigenvalue weighted by Crippen LogP contribution is 2.69. The van der Waals surface area contributed by atoms with Crippen molar-refractivity contribution in [2.45, 2.75) is 52.4 Å². The van der Waals surface area contributed by atoms with E-state index in [9.17, 15) is 0 Å². The normalized spacial score (nSPS) is 37.1. The molecule has 1 atom stereocenters. The van der Waals surface area contributed by atoms with Crippen molar-refractivity contribution >= 4 is 0 Å². The molecule has 2 aliphatic carbocycles. The van der Waals surface area contributed by atoms with E-state index in [-0.39, 0.29) is 0 Å². The molecule has 2 saturated carbocycles. The molecule has 0 heterocycles. The summed E-state index contributed by atoms with van der Waals surface area (Å²) in [5.74, 6) is 1.01. The molecular weight excluding hydrogens is 170 g/mol. The largest absolute Gasteiger partial charge is 0.319 e. The van der Waals surface area contributed by atoms with E-state index in [1.807, 2.05) is 0 Å². The fourth-order valence-corrected chi connectivity index (χ4v) is 3.86. The zero-order valence-corrected chi connectivity index (χ0v) is 10.0. The second-order valence-corrected chi connectivity index (χ2v) is 6.08. The Hall–Kier alpha value is -0.0400. The van der Waals surface area contributed by atoms with Crippen molar-refractivity contribution in [1.29, 1.82) is 0 Å². The monoisotopic (exact) mass is 195 g/mol. The zero-order chi connectivity index (χ0) is 10.2. The van der Waals surface area contributed by atoms with Gasteiger partial charge in [-0.1, -0.05) is 33.1 Å². The Balaban J connectivity index is 2.04. The molecule has 0 spiro atoms. The van der Waals surface area contributed by atoms with Gasteiger partial charge in [-0.25, -0.2) is 0 Å². The summed E-state index contributed by atoms with van der Waals surface area (Å²) in [4.78, 5) is 0. The van der Waals surface area contributed by atoms with Crippen LogP contribution in [0.5, 0.6) is 0 Å². The highest BCUT2D eigenvalue weighted by molar-refractivity contribution is 5.13. The first-order chi connectivity index (χ1) is 6.62. The van der Waals surface area contributed by atoms with Crippen LogP contribution in [0, 0.1) is 16.7 Å². The molecule has 0 aromatic carbocycles. The van der Waals surface area contributed by atoms with Gasteiger partial charge in [-0.3, -0.25) is 0 Å². The number of hydrogen-bond acceptors (Lipinski definition) is 1. The van der Waals surface area contributed by atoms with Gasteiger partial charge in [0.2, 0.25) is 0 Å². The van der Waals surface area contributed by atoms with Gasteiger partial charge in [0, 0.05) is 6.54 Å². The average Bonchev–Trinajstić information content (AvgIpc) is 2.72. The molecule has 1 unspecified atom stereocenters. The number of rotatable bonds is 3. The molecule has 2 aliphatic rings. The third-order valence-corrected chi connectivity index (χ3v) is 4.86. The predicted molar refractivity (Wildman–Crippen MR) is 61.3 cm³/mol. The minimum absolute atomic E-state index is 0.609. The van der Waals surface area contributed by atoms with Gasteiger partial charge in [0.05, 0.1) is 0 Å². The molecule has 2 rings (SSSR count). The van der Waals surface area contributed by atoms with Crippen molar-refractivity contribution < 1.29 is 0 Å². The van der Waals surface area contributed by atoms with Crippen molar-refractivity contribution in [3.63, 3.8) is 0 Å². The Morgan fingerprint density at radius 3 is 2.14 bits per heavy atom. The predicted octanol–water partition coefficient (Wildman–Crippen LogP) is 3.20. The van der Waals surface area contributed by atoms with E-state index in [0.29, 0.717) is 10.8 Å². The van der Waals surface area contributed by atoms with E-state index in [4.69, 9.17) is 0 Å². The lowest BCUT2D eigenvalue weighted by Crippen LogP contribution is -2.32. The zero-order valence-electron chi connectivity index (χ0n) is 10.0. The molecule has 1 heteroatoms. The van der Waals surface area contributed by atoms with Gasteiger partial charge in [-0.15, -0.1) is 0 Å². The molecule has 0 aromatic heterocycles. The summed E-state index contributed by atoms with van der Waals surface area (Å²) in [5.41, 5.74) is 1.26. The van der Waals surface area contributed by atoms with Crippen LogP contribution in [0.4, 0.5) is 0 Å². The Labute approximate surface area is 88.7 Å². The molecule has 0 aliphatic heterocycles. The maximum Gasteiger partial charge on any atom is 0.00128 e. The molecule has 0 amide bonds. The lowest BCUT2D eigenvalue weighted by Gasteiger charge is -2.33. The molecule has 0 saturated heterocycles. The molecule has 1 N–H and O–H groups in total. The SMILES string of the molecule is CNCC1(C2CCCCC2)CC1(C)C. The van der Waals surface area contributed by atoms with E-state index in [0.717, 1.165) is 5.92 Å². The van der Waals surface area contributed by atoms with Crippen LogP contribution in [0.1, 0.15) is 52.4 Å². The van der Waals surface area contributed by atoms with Gasteiger partial charge < -0.3 is 5.32 Å². The third kappa shape index (κ3) is 1.50. The highest BCUT2D eigenvalue weighted by Gasteiger charge is 2.63. The number of nitrogens with one attached hydrogen (secondary N) is 1. The summed E-state index contributed by atoms with van der Waals surface area (Å²) >= 11 is 0. The maximum absolute atomic E-state index is 3.42. The molecule has 2 fully saturated rings. The van der Waals surface area contributed by atoms with E-state index in [1.54, 1.807) is 0 Å². The second-order valence-electron chi connectivity index (χ2n) is 6.08. The lowest BCUT2D eigenvalue weighted by molar-refractivity contribution is 0.182. The van der Waals surface area contributed by atoms with Crippen LogP contribution in [0.15, 0.2) is 0 Å². The molecule has 1 nitrogen and oxygen atoms in total. The third-order valence-electron chi connectivity index (χ3n) is 4.86. The Kier molecular flexibility index (Phi) is 2.63. The van der Waals surface area contributed by atoms with Gasteiger partial charge in [0.1, 0.15) is 0 Å². The summed E-state index contributed by atoms with van der Waals surface area (Å²) in [7, 11) is 2.11. The minimum Gasteiger partial charge on any atom is -0.319 e. The Morgan fingerprint density at radius 1 is 1.14 bits per heavy atom. The molecule has 14 heavy (non-hydrogen) atoms. The van der Waals surface area contributed by atoms with E-state index < -0.39 is 0 Å². The number of hydrogen-bond donors (Lipinski definition) is 1. The average molecular weight is 195 g/mol. The van der Waals surface area contributed by atoms with Crippen molar-refractivity contribution in [1.82, 2.24) is 5.32 Å². The van der Waals surface area contributed by atoms with Crippen LogP contribution in [-0.2, 0) is 0 Å². The van der Waals surface area contributed by atoms with Crippen molar-refractivity contribution in [2.24, 2.45) is 16.7 Å². The Bertz CT molecular complexity index is 203. The van der Waals surface area contributed by atoms with Crippen LogP contribution in [0.2, 0.25) is 0 Å². The molecular formula is C13H25N. The first-order valence-electron chi connectivity index (χ1n) is 6.27. The van der Waals surface area contributed by atoms with Gasteiger partial charge in [0.15, 0.2) is 0 Å². The summed E-state index contributed by atoms with van der Waals surface area (Å²) < 4.78 is 0. The lowest BCUT2D eigenvalue weighted by atomic mass is 9.74. The van der Waals surface area contributed by atoms with E-state index in [2.05, 4.69) is 26.2 Å². The first kappa shape index (κ1) is 10.5. The quantitative estimate of drug-likeness (QED) is 0.729. The van der Waals surface area contributed by atoms with Gasteiger partial charge in [-0.2, -0.15) is 0 Å². The first-order valence-corrected chi connectivity index (χ1v) is 6.27. The van der Waals surface area contributed by atoms with Crippen LogP contribution in [0.3, 0.4) is 0 Å². The molecule has 0 bridgehead atoms. The van der Waals surface area contributed by atoms with Crippen LogP contribution in [0.25, 0.3) is 0 Å². The maximum atomic E-state index is 3.42. The summed E-state index contributed by atoms with van der Waals surface area (Å²) in [5, 5.41) is 3.42. The fraction of sp³-hybridized carbons (Fsp3) is 1.00. The Morgan fingerprint density at radius 2 is 1.71 bits per heavy atom. The van der Waals surface area contributed by atoms with Crippen molar-refractivity contribution in [2.75, 3.05) is 13.6 Å². The minimum atomic E-state index is 0.609. The highest BCUT2D eigenvalue weighted by atomic mass is 14.9. The van der Waals surface area contributed by atoms with E-state index in [1.165, 1.54) is 45.1 Å². The van der Waals surface area contributed by atoms with Crippen LogP contribution >= 0.6 is 0 Å². The summed E-state index contributed by atoms with van der Waals surface area (Å²) in [6, 6.07) is 0. The summed E-state index contributed by atoms with van der Waals surface area (Å²) in [6.45, 7) is 6.16. The van der Waals surface area contributed by atoms with Crippen molar-refractivity contribution in [3.05, 3.63) is 0 Å². The van der Waals surface area contributed by atoms with Crippen molar-refractivity contribution in [3.8, 4) is 0 Å². The smallest absolute Gasteiger partial charge is 0.00128 e. The second kappa shape index (κ2) is 3.52. The molecule has 0 radical (unpaired) electrons. The van der Waals surface area contributed by atoms with Crippen LogP contribution in [-0.4, -0.2) is 13.6 Å². The van der Waals surface area contributed by atoms with Crippen LogP contribution < -0.4 is 5.32 Å². The van der Waals surface area contributed by atoms with E-state index >= 15 is 0 Å². The topological polar surface area (TPSA) is 12.0 Å². The van der Waals surface area contributed by atoms with Gasteiger partial charge in [-0.05, 0) is 43.1 Å². The van der Waals surface area contributed by atoms with Gasteiger partial charge >= 0.3 is 0 Å². The summed E-state index contributed by atoms with van der Waals surface area (Å²) in [6.07, 6.45) is 8.87. The molecule has 82 valence electrons. The van der Waals surface area contributed by atoms with Gasteiger partial charge in [0.25, 0.3) is 0 Å².